The third kappa shape index (κ3) is 2.83. The predicted octanol–water partition coefficient (Wildman–Crippen LogP) is 1.22. The van der Waals surface area contributed by atoms with Crippen molar-refractivity contribution in [3.63, 3.8) is 0 Å². The van der Waals surface area contributed by atoms with Gasteiger partial charge in [0.25, 0.3) is 0 Å². The summed E-state index contributed by atoms with van der Waals surface area (Å²) in [5.74, 6) is 0.516. The molecule has 2 aromatic rings. The van der Waals surface area contributed by atoms with Gasteiger partial charge in [-0.05, 0) is 38.5 Å². The standard InChI is InChI=1S/C13H19N5O/c1-9-5-6-18-10(7-9)16-12(17-18)15-8-13(2,3)11(19)14-4/h5-7H,8H2,1-4H3,(H,14,19)(H,15,17). The first-order chi connectivity index (χ1) is 8.92. The minimum atomic E-state index is -0.512. The van der Waals surface area contributed by atoms with Crippen LogP contribution in [0.25, 0.3) is 5.65 Å². The molecule has 0 saturated heterocycles. The van der Waals surface area contributed by atoms with E-state index in [4.69, 9.17) is 0 Å². The lowest BCUT2D eigenvalue weighted by Gasteiger charge is -2.22. The molecule has 0 aliphatic heterocycles. The fourth-order valence-corrected chi connectivity index (χ4v) is 1.78. The normalized spacial score (nSPS) is 11.6. The summed E-state index contributed by atoms with van der Waals surface area (Å²) in [5, 5.41) is 10.1. The van der Waals surface area contributed by atoms with Crippen molar-refractivity contribution in [2.45, 2.75) is 20.8 Å². The molecule has 6 nitrogen and oxygen atoms in total. The van der Waals surface area contributed by atoms with Crippen molar-refractivity contribution >= 4 is 17.5 Å². The average Bonchev–Trinajstić information content (AvgIpc) is 2.77. The molecular weight excluding hydrogens is 242 g/mol. The predicted molar refractivity (Wildman–Crippen MR) is 74.1 cm³/mol. The molecule has 2 rings (SSSR count). The van der Waals surface area contributed by atoms with E-state index in [-0.39, 0.29) is 5.91 Å². The van der Waals surface area contributed by atoms with Gasteiger partial charge in [-0.15, -0.1) is 5.10 Å². The number of hydrogen-bond acceptors (Lipinski definition) is 4. The first-order valence-corrected chi connectivity index (χ1v) is 6.21. The summed E-state index contributed by atoms with van der Waals surface area (Å²) in [5.41, 5.74) is 1.42. The molecular formula is C13H19N5O. The van der Waals surface area contributed by atoms with Crippen LogP contribution in [-0.4, -0.2) is 34.1 Å². The number of fused-ring (bicyclic) bond motifs is 1. The van der Waals surface area contributed by atoms with Crippen LogP contribution < -0.4 is 10.6 Å². The Morgan fingerprint density at radius 2 is 2.21 bits per heavy atom. The van der Waals surface area contributed by atoms with E-state index in [1.54, 1.807) is 11.6 Å². The van der Waals surface area contributed by atoms with Crippen molar-refractivity contribution in [3.05, 3.63) is 23.9 Å². The van der Waals surface area contributed by atoms with E-state index in [0.717, 1.165) is 11.2 Å². The van der Waals surface area contributed by atoms with Crippen LogP contribution in [-0.2, 0) is 4.79 Å². The molecule has 102 valence electrons. The fourth-order valence-electron chi connectivity index (χ4n) is 1.78. The molecule has 0 saturated carbocycles. The quantitative estimate of drug-likeness (QED) is 0.868. The molecule has 2 heterocycles. The van der Waals surface area contributed by atoms with Gasteiger partial charge in [0.2, 0.25) is 11.9 Å². The van der Waals surface area contributed by atoms with Crippen molar-refractivity contribution in [3.8, 4) is 0 Å². The Morgan fingerprint density at radius 3 is 2.89 bits per heavy atom. The highest BCUT2D eigenvalue weighted by molar-refractivity contribution is 5.82. The number of rotatable bonds is 4. The third-order valence-corrected chi connectivity index (χ3v) is 3.02. The van der Waals surface area contributed by atoms with Crippen LogP contribution in [0.5, 0.6) is 0 Å². The number of carbonyl (C=O) groups is 1. The number of amides is 1. The van der Waals surface area contributed by atoms with Gasteiger partial charge in [0, 0.05) is 19.8 Å². The van der Waals surface area contributed by atoms with Gasteiger partial charge in [-0.25, -0.2) is 4.52 Å². The zero-order valence-electron chi connectivity index (χ0n) is 11.7. The van der Waals surface area contributed by atoms with Gasteiger partial charge in [0.15, 0.2) is 5.65 Å². The molecule has 0 aromatic carbocycles. The maximum atomic E-state index is 11.7. The number of aryl methyl sites for hydroxylation is 1. The van der Waals surface area contributed by atoms with Crippen molar-refractivity contribution < 1.29 is 4.79 Å². The van der Waals surface area contributed by atoms with E-state index in [1.807, 2.05) is 39.1 Å². The van der Waals surface area contributed by atoms with E-state index >= 15 is 0 Å². The maximum absolute atomic E-state index is 11.7. The largest absolute Gasteiger partial charge is 0.359 e. The maximum Gasteiger partial charge on any atom is 0.243 e. The van der Waals surface area contributed by atoms with Gasteiger partial charge in [-0.3, -0.25) is 4.79 Å². The number of pyridine rings is 1. The summed E-state index contributed by atoms with van der Waals surface area (Å²) < 4.78 is 1.71. The first-order valence-electron chi connectivity index (χ1n) is 6.21. The van der Waals surface area contributed by atoms with Gasteiger partial charge >= 0.3 is 0 Å². The number of carbonyl (C=O) groups excluding carboxylic acids is 1. The lowest BCUT2D eigenvalue weighted by Crippen LogP contribution is -2.39. The lowest BCUT2D eigenvalue weighted by molar-refractivity contribution is -0.128. The van der Waals surface area contributed by atoms with E-state index in [9.17, 15) is 4.79 Å². The molecule has 0 radical (unpaired) electrons. The minimum Gasteiger partial charge on any atom is -0.359 e. The van der Waals surface area contributed by atoms with E-state index in [1.165, 1.54) is 0 Å². The Kier molecular flexibility index (Phi) is 3.42. The summed E-state index contributed by atoms with van der Waals surface area (Å²) in [6.45, 7) is 6.23. The molecule has 0 bridgehead atoms. The van der Waals surface area contributed by atoms with Crippen LogP contribution in [0.15, 0.2) is 18.3 Å². The number of nitrogens with one attached hydrogen (secondary N) is 2. The molecule has 0 fully saturated rings. The highest BCUT2D eigenvalue weighted by Crippen LogP contribution is 2.16. The Morgan fingerprint density at radius 1 is 1.47 bits per heavy atom. The molecule has 0 spiro atoms. The Bertz CT molecular complexity index is 602. The monoisotopic (exact) mass is 261 g/mol. The zero-order valence-corrected chi connectivity index (χ0v) is 11.7. The Balaban J connectivity index is 2.12. The molecule has 0 atom stereocenters. The summed E-state index contributed by atoms with van der Waals surface area (Å²) >= 11 is 0. The molecule has 0 aliphatic rings. The summed E-state index contributed by atoms with van der Waals surface area (Å²) in [4.78, 5) is 16.0. The molecule has 19 heavy (non-hydrogen) atoms. The van der Waals surface area contributed by atoms with Crippen molar-refractivity contribution in [1.82, 2.24) is 19.9 Å². The SMILES string of the molecule is CNC(=O)C(C)(C)CNc1nc2cc(C)ccn2n1. The van der Waals surface area contributed by atoms with Crippen LogP contribution >= 0.6 is 0 Å². The average molecular weight is 261 g/mol. The molecule has 2 aromatic heterocycles. The number of anilines is 1. The van der Waals surface area contributed by atoms with E-state index in [2.05, 4.69) is 20.7 Å². The Labute approximate surface area is 112 Å². The highest BCUT2D eigenvalue weighted by atomic mass is 16.2. The second-order valence-corrected chi connectivity index (χ2v) is 5.26. The minimum absolute atomic E-state index is 0.0143. The molecule has 0 unspecified atom stereocenters. The first kappa shape index (κ1) is 13.3. The zero-order chi connectivity index (χ0) is 14.0. The van der Waals surface area contributed by atoms with E-state index < -0.39 is 5.41 Å². The fraction of sp³-hybridized carbons (Fsp3) is 0.462. The van der Waals surface area contributed by atoms with Crippen LogP contribution in [0, 0.1) is 12.3 Å². The van der Waals surface area contributed by atoms with Crippen LogP contribution in [0.4, 0.5) is 5.95 Å². The third-order valence-electron chi connectivity index (χ3n) is 3.02. The van der Waals surface area contributed by atoms with Gasteiger partial charge in [0.1, 0.15) is 0 Å². The van der Waals surface area contributed by atoms with Crippen LogP contribution in [0.1, 0.15) is 19.4 Å². The van der Waals surface area contributed by atoms with Crippen molar-refractivity contribution in [2.24, 2.45) is 5.41 Å². The van der Waals surface area contributed by atoms with Gasteiger partial charge in [-0.2, -0.15) is 4.98 Å². The van der Waals surface area contributed by atoms with Crippen molar-refractivity contribution in [1.29, 1.82) is 0 Å². The molecule has 1 amide bonds. The summed E-state index contributed by atoms with van der Waals surface area (Å²) in [6, 6.07) is 3.93. The second kappa shape index (κ2) is 4.87. The van der Waals surface area contributed by atoms with Crippen molar-refractivity contribution in [2.75, 3.05) is 18.9 Å². The smallest absolute Gasteiger partial charge is 0.243 e. The molecule has 6 heteroatoms. The van der Waals surface area contributed by atoms with Gasteiger partial charge in [-0.1, -0.05) is 0 Å². The number of aromatic nitrogens is 3. The van der Waals surface area contributed by atoms with Crippen LogP contribution in [0.2, 0.25) is 0 Å². The topological polar surface area (TPSA) is 71.3 Å². The number of hydrogen-bond donors (Lipinski definition) is 2. The highest BCUT2D eigenvalue weighted by Gasteiger charge is 2.26. The lowest BCUT2D eigenvalue weighted by atomic mass is 9.92. The summed E-state index contributed by atoms with van der Waals surface area (Å²) in [6.07, 6.45) is 1.87. The summed E-state index contributed by atoms with van der Waals surface area (Å²) in [7, 11) is 1.63. The number of nitrogens with zero attached hydrogens (tertiary/aromatic N) is 3. The molecule has 0 aliphatic carbocycles. The van der Waals surface area contributed by atoms with Crippen LogP contribution in [0.3, 0.4) is 0 Å². The van der Waals surface area contributed by atoms with E-state index in [0.29, 0.717) is 12.5 Å². The molecule has 2 N–H and O–H groups in total. The Hall–Kier alpha value is -2.11. The van der Waals surface area contributed by atoms with Gasteiger partial charge in [0.05, 0.1) is 5.41 Å². The second-order valence-electron chi connectivity index (χ2n) is 5.26. The van der Waals surface area contributed by atoms with Gasteiger partial charge < -0.3 is 10.6 Å².